The number of hydrogen-bond acceptors (Lipinski definition) is 2. The second-order valence-electron chi connectivity index (χ2n) is 6.56. The van der Waals surface area contributed by atoms with E-state index < -0.39 is 5.97 Å². The van der Waals surface area contributed by atoms with Crippen molar-refractivity contribution in [2.45, 2.75) is 52.0 Å². The van der Waals surface area contributed by atoms with Crippen LogP contribution in [0.1, 0.15) is 46.0 Å². The Balaban J connectivity index is 2.01. The number of amides is 2. The molecule has 1 atom stereocenters. The molecule has 0 saturated carbocycles. The minimum Gasteiger partial charge on any atom is -0.481 e. The zero-order chi connectivity index (χ0) is 14.0. The average Bonchev–Trinajstić information content (AvgIpc) is 2.69. The number of rotatable bonds is 2. The van der Waals surface area contributed by atoms with Gasteiger partial charge in [-0.2, -0.15) is 0 Å². The van der Waals surface area contributed by atoms with Gasteiger partial charge in [-0.05, 0) is 31.1 Å². The third-order valence-electron chi connectivity index (χ3n) is 4.23. The smallest absolute Gasteiger partial charge is 0.320 e. The summed E-state index contributed by atoms with van der Waals surface area (Å²) in [7, 11) is 0. The van der Waals surface area contributed by atoms with Crippen molar-refractivity contribution in [3.8, 4) is 0 Å². The molecule has 0 spiro atoms. The van der Waals surface area contributed by atoms with Crippen LogP contribution in [-0.4, -0.2) is 52.6 Å². The number of aliphatic carboxylic acids is 1. The van der Waals surface area contributed by atoms with Crippen LogP contribution in [0.2, 0.25) is 0 Å². The van der Waals surface area contributed by atoms with Gasteiger partial charge in [0, 0.05) is 25.7 Å². The highest BCUT2D eigenvalue weighted by molar-refractivity contribution is 5.76. The topological polar surface area (TPSA) is 60.9 Å². The molecule has 0 bridgehead atoms. The van der Waals surface area contributed by atoms with E-state index in [2.05, 4.69) is 13.8 Å². The first kappa shape index (κ1) is 14.2. The van der Waals surface area contributed by atoms with Crippen LogP contribution in [-0.2, 0) is 4.79 Å². The van der Waals surface area contributed by atoms with Crippen LogP contribution >= 0.6 is 0 Å². The van der Waals surface area contributed by atoms with Crippen LogP contribution in [0.5, 0.6) is 0 Å². The first-order chi connectivity index (χ1) is 8.89. The van der Waals surface area contributed by atoms with Crippen LogP contribution in [0.15, 0.2) is 0 Å². The third kappa shape index (κ3) is 3.39. The maximum absolute atomic E-state index is 12.5. The Labute approximate surface area is 114 Å². The number of piperidine rings is 1. The van der Waals surface area contributed by atoms with Crippen molar-refractivity contribution < 1.29 is 14.7 Å². The molecule has 5 nitrogen and oxygen atoms in total. The highest BCUT2D eigenvalue weighted by Crippen LogP contribution is 2.31. The van der Waals surface area contributed by atoms with Crippen molar-refractivity contribution >= 4 is 12.0 Å². The summed E-state index contributed by atoms with van der Waals surface area (Å²) in [5.41, 5.74) is 0.188. The first-order valence-corrected chi connectivity index (χ1v) is 7.16. The van der Waals surface area contributed by atoms with Gasteiger partial charge in [0.1, 0.15) is 0 Å². The Kier molecular flexibility index (Phi) is 4.02. The first-order valence-electron chi connectivity index (χ1n) is 7.16. The third-order valence-corrected chi connectivity index (χ3v) is 4.23. The molecule has 2 fully saturated rings. The van der Waals surface area contributed by atoms with Crippen LogP contribution in [0.25, 0.3) is 0 Å². The molecule has 2 amide bonds. The predicted molar refractivity (Wildman–Crippen MR) is 72.0 cm³/mol. The van der Waals surface area contributed by atoms with E-state index in [0.29, 0.717) is 6.54 Å². The van der Waals surface area contributed by atoms with Crippen LogP contribution in [0.4, 0.5) is 4.79 Å². The molecule has 108 valence electrons. The van der Waals surface area contributed by atoms with E-state index in [-0.39, 0.29) is 23.9 Å². The largest absolute Gasteiger partial charge is 0.481 e. The highest BCUT2D eigenvalue weighted by Gasteiger charge is 2.37. The van der Waals surface area contributed by atoms with Crippen molar-refractivity contribution in [2.75, 3.05) is 19.6 Å². The average molecular weight is 268 g/mol. The van der Waals surface area contributed by atoms with Gasteiger partial charge in [0.25, 0.3) is 0 Å². The lowest BCUT2D eigenvalue weighted by Gasteiger charge is -2.37. The second kappa shape index (κ2) is 5.39. The quantitative estimate of drug-likeness (QED) is 0.835. The summed E-state index contributed by atoms with van der Waals surface area (Å²) >= 11 is 0. The zero-order valence-electron chi connectivity index (χ0n) is 11.9. The Morgan fingerprint density at radius 2 is 2.00 bits per heavy atom. The van der Waals surface area contributed by atoms with Gasteiger partial charge < -0.3 is 14.9 Å². The molecule has 2 heterocycles. The lowest BCUT2D eigenvalue weighted by molar-refractivity contribution is -0.138. The lowest BCUT2D eigenvalue weighted by atomic mass is 9.93. The Bertz CT molecular complexity index is 368. The van der Waals surface area contributed by atoms with Gasteiger partial charge in [-0.3, -0.25) is 4.79 Å². The SMILES string of the molecule is CC1(C)CCN(C(=O)N2CCCCC2CC(=O)O)C1. The number of likely N-dealkylation sites (tertiary alicyclic amines) is 2. The summed E-state index contributed by atoms with van der Waals surface area (Å²) in [5.74, 6) is -0.813. The molecular weight excluding hydrogens is 244 g/mol. The van der Waals surface area contributed by atoms with E-state index in [4.69, 9.17) is 5.11 Å². The van der Waals surface area contributed by atoms with Crippen molar-refractivity contribution in [2.24, 2.45) is 5.41 Å². The molecule has 0 aliphatic carbocycles. The predicted octanol–water partition coefficient (Wildman–Crippen LogP) is 2.17. The van der Waals surface area contributed by atoms with Gasteiger partial charge in [0.2, 0.25) is 0 Å². The van der Waals surface area contributed by atoms with Gasteiger partial charge in [0.15, 0.2) is 0 Å². The standard InChI is InChI=1S/C14H24N2O3/c1-14(2)6-8-15(10-14)13(19)16-7-4-3-5-11(16)9-12(17)18/h11H,3-10H2,1-2H3,(H,17,18). The molecule has 2 saturated heterocycles. The van der Waals surface area contributed by atoms with E-state index in [0.717, 1.165) is 38.8 Å². The molecule has 2 rings (SSSR count). The number of urea groups is 1. The van der Waals surface area contributed by atoms with Gasteiger partial charge in [-0.25, -0.2) is 4.79 Å². The molecule has 0 aromatic carbocycles. The summed E-state index contributed by atoms with van der Waals surface area (Å²) in [5, 5.41) is 8.96. The number of carbonyl (C=O) groups excluding carboxylic acids is 1. The Morgan fingerprint density at radius 3 is 2.58 bits per heavy atom. The molecule has 0 aromatic heterocycles. The molecule has 1 N–H and O–H groups in total. The monoisotopic (exact) mass is 268 g/mol. The van der Waals surface area contributed by atoms with Crippen molar-refractivity contribution in [3.05, 3.63) is 0 Å². The van der Waals surface area contributed by atoms with Crippen molar-refractivity contribution in [1.29, 1.82) is 0 Å². The molecule has 2 aliphatic rings. The summed E-state index contributed by atoms with van der Waals surface area (Å²) in [6, 6.07) is -0.0843. The maximum atomic E-state index is 12.5. The normalized spacial score (nSPS) is 26.5. The summed E-state index contributed by atoms with van der Waals surface area (Å²) in [6.07, 6.45) is 3.92. The molecule has 1 unspecified atom stereocenters. The van der Waals surface area contributed by atoms with Crippen LogP contribution < -0.4 is 0 Å². The summed E-state index contributed by atoms with van der Waals surface area (Å²) in [6.45, 7) is 6.62. The summed E-state index contributed by atoms with van der Waals surface area (Å²) in [4.78, 5) is 27.1. The van der Waals surface area contributed by atoms with Crippen molar-refractivity contribution in [1.82, 2.24) is 9.80 Å². The zero-order valence-corrected chi connectivity index (χ0v) is 11.9. The van der Waals surface area contributed by atoms with Gasteiger partial charge in [-0.15, -0.1) is 0 Å². The fraction of sp³-hybridized carbons (Fsp3) is 0.857. The number of nitrogens with zero attached hydrogens (tertiary/aromatic N) is 2. The van der Waals surface area contributed by atoms with Crippen LogP contribution in [0, 0.1) is 5.41 Å². The number of carboxylic acid groups (broad SMARTS) is 1. The Morgan fingerprint density at radius 1 is 1.26 bits per heavy atom. The summed E-state index contributed by atoms with van der Waals surface area (Å²) < 4.78 is 0. The highest BCUT2D eigenvalue weighted by atomic mass is 16.4. The number of carboxylic acids is 1. The van der Waals surface area contributed by atoms with E-state index in [1.54, 1.807) is 4.90 Å². The molecule has 19 heavy (non-hydrogen) atoms. The number of hydrogen-bond donors (Lipinski definition) is 1. The van der Waals surface area contributed by atoms with E-state index in [1.165, 1.54) is 0 Å². The van der Waals surface area contributed by atoms with Gasteiger partial charge >= 0.3 is 12.0 Å². The van der Waals surface area contributed by atoms with Crippen LogP contribution in [0.3, 0.4) is 0 Å². The fourth-order valence-corrected chi connectivity index (χ4v) is 3.12. The maximum Gasteiger partial charge on any atom is 0.320 e. The minimum absolute atomic E-state index is 0.0384. The molecule has 0 aromatic rings. The molecule has 0 radical (unpaired) electrons. The van der Waals surface area contributed by atoms with E-state index >= 15 is 0 Å². The van der Waals surface area contributed by atoms with E-state index in [1.807, 2.05) is 4.90 Å². The van der Waals surface area contributed by atoms with Gasteiger partial charge in [-0.1, -0.05) is 13.8 Å². The Hall–Kier alpha value is -1.26. The van der Waals surface area contributed by atoms with E-state index in [9.17, 15) is 9.59 Å². The number of carbonyl (C=O) groups is 2. The molecular formula is C14H24N2O3. The molecule has 2 aliphatic heterocycles. The van der Waals surface area contributed by atoms with Crippen molar-refractivity contribution in [3.63, 3.8) is 0 Å². The second-order valence-corrected chi connectivity index (χ2v) is 6.56. The fourth-order valence-electron chi connectivity index (χ4n) is 3.12. The minimum atomic E-state index is -0.813. The van der Waals surface area contributed by atoms with Gasteiger partial charge in [0.05, 0.1) is 6.42 Å². The lowest BCUT2D eigenvalue weighted by Crippen LogP contribution is -2.50. The molecule has 5 heteroatoms.